The summed E-state index contributed by atoms with van der Waals surface area (Å²) in [5.74, 6) is 0. The third kappa shape index (κ3) is 2.35. The number of rotatable bonds is 1. The topological polar surface area (TPSA) is 95.6 Å². The summed E-state index contributed by atoms with van der Waals surface area (Å²) in [7, 11) is 0. The molecule has 0 bridgehead atoms. The van der Waals surface area contributed by atoms with Crippen LogP contribution < -0.4 is 11.1 Å². The molecule has 1 fully saturated rings. The molecule has 0 aliphatic heterocycles. The highest BCUT2D eigenvalue weighted by atomic mass is 16.4. The summed E-state index contributed by atoms with van der Waals surface area (Å²) in [5, 5.41) is 20.0. The maximum atomic E-state index is 10.2. The minimum Gasteiger partial charge on any atom is -0.465 e. The lowest BCUT2D eigenvalue weighted by Crippen LogP contribution is -2.47. The Morgan fingerprint density at radius 1 is 1.50 bits per heavy atom. The molecular weight excluding hydrogens is 160 g/mol. The maximum Gasteiger partial charge on any atom is 0.404 e. The highest BCUT2D eigenvalue weighted by Crippen LogP contribution is 2.17. The first-order valence-corrected chi connectivity index (χ1v) is 4.02. The van der Waals surface area contributed by atoms with Crippen LogP contribution >= 0.6 is 0 Å². The SMILES string of the molecule is N[C@H]1CC[C@H](NC(=O)O)C[C@H]1O. The number of aliphatic hydroxyl groups is 1. The van der Waals surface area contributed by atoms with E-state index in [0.717, 1.165) is 0 Å². The fourth-order valence-electron chi connectivity index (χ4n) is 1.48. The monoisotopic (exact) mass is 174 g/mol. The molecule has 1 aliphatic rings. The van der Waals surface area contributed by atoms with Gasteiger partial charge in [0.15, 0.2) is 0 Å². The van der Waals surface area contributed by atoms with Gasteiger partial charge in [-0.25, -0.2) is 4.79 Å². The van der Waals surface area contributed by atoms with Crippen LogP contribution in [-0.4, -0.2) is 34.5 Å². The number of amides is 1. The molecule has 1 amide bonds. The zero-order valence-electron chi connectivity index (χ0n) is 6.73. The van der Waals surface area contributed by atoms with Crippen molar-refractivity contribution in [1.29, 1.82) is 0 Å². The molecular formula is C7H14N2O3. The summed E-state index contributed by atoms with van der Waals surface area (Å²) in [6.07, 6.45) is 0.197. The van der Waals surface area contributed by atoms with E-state index in [1.165, 1.54) is 0 Å². The number of hydrogen-bond acceptors (Lipinski definition) is 3. The minimum atomic E-state index is -1.04. The van der Waals surface area contributed by atoms with Crippen LogP contribution in [0.25, 0.3) is 0 Å². The van der Waals surface area contributed by atoms with E-state index < -0.39 is 12.2 Å². The molecule has 3 atom stereocenters. The molecule has 0 unspecified atom stereocenters. The lowest BCUT2D eigenvalue weighted by molar-refractivity contribution is 0.0902. The first-order valence-electron chi connectivity index (χ1n) is 4.02. The highest BCUT2D eigenvalue weighted by Gasteiger charge is 2.27. The number of nitrogens with one attached hydrogen (secondary N) is 1. The molecule has 1 aliphatic carbocycles. The van der Waals surface area contributed by atoms with Crippen molar-refractivity contribution < 1.29 is 15.0 Å². The fraction of sp³-hybridized carbons (Fsp3) is 0.857. The predicted octanol–water partition coefficient (Wildman–Crippen LogP) is -0.505. The van der Waals surface area contributed by atoms with Gasteiger partial charge >= 0.3 is 6.09 Å². The van der Waals surface area contributed by atoms with Crippen molar-refractivity contribution >= 4 is 6.09 Å². The van der Waals surface area contributed by atoms with Crippen LogP contribution in [0, 0.1) is 0 Å². The standard InChI is InChI=1S/C7H14N2O3/c8-5-2-1-4(3-6(5)10)9-7(11)12/h4-6,9-10H,1-3,8H2,(H,11,12)/t4-,5-,6+/m0/s1. The Hall–Kier alpha value is -0.810. The second-order valence-electron chi connectivity index (χ2n) is 3.19. The molecule has 0 spiro atoms. The number of aliphatic hydroxyl groups excluding tert-OH is 1. The van der Waals surface area contributed by atoms with Gasteiger partial charge in [0, 0.05) is 12.1 Å². The molecule has 0 aromatic carbocycles. The molecule has 0 heterocycles. The van der Waals surface area contributed by atoms with Gasteiger partial charge < -0.3 is 21.3 Å². The largest absolute Gasteiger partial charge is 0.465 e. The smallest absolute Gasteiger partial charge is 0.404 e. The molecule has 5 nitrogen and oxygen atoms in total. The van der Waals surface area contributed by atoms with Gasteiger partial charge in [-0.15, -0.1) is 0 Å². The third-order valence-corrected chi connectivity index (χ3v) is 2.20. The van der Waals surface area contributed by atoms with E-state index >= 15 is 0 Å². The summed E-state index contributed by atoms with van der Waals surface area (Å²) < 4.78 is 0. The van der Waals surface area contributed by atoms with E-state index in [1.807, 2.05) is 0 Å². The Kier molecular flexibility index (Phi) is 2.88. The van der Waals surface area contributed by atoms with Crippen molar-refractivity contribution in [3.63, 3.8) is 0 Å². The molecule has 0 saturated heterocycles. The van der Waals surface area contributed by atoms with Gasteiger partial charge in [0.05, 0.1) is 6.10 Å². The van der Waals surface area contributed by atoms with Crippen molar-refractivity contribution in [1.82, 2.24) is 5.32 Å². The van der Waals surface area contributed by atoms with Gasteiger partial charge in [-0.3, -0.25) is 0 Å². The highest BCUT2D eigenvalue weighted by molar-refractivity contribution is 5.64. The van der Waals surface area contributed by atoms with E-state index in [0.29, 0.717) is 19.3 Å². The first kappa shape index (κ1) is 9.28. The maximum absolute atomic E-state index is 10.2. The van der Waals surface area contributed by atoms with E-state index in [2.05, 4.69) is 5.32 Å². The van der Waals surface area contributed by atoms with Gasteiger partial charge in [-0.05, 0) is 19.3 Å². The Balaban J connectivity index is 2.35. The molecule has 5 heteroatoms. The van der Waals surface area contributed by atoms with E-state index in [-0.39, 0.29) is 12.1 Å². The number of hydrogen-bond donors (Lipinski definition) is 4. The number of carbonyl (C=O) groups is 1. The Morgan fingerprint density at radius 3 is 2.67 bits per heavy atom. The van der Waals surface area contributed by atoms with Crippen LogP contribution in [0.3, 0.4) is 0 Å². The van der Waals surface area contributed by atoms with Gasteiger partial charge in [0.1, 0.15) is 0 Å². The van der Waals surface area contributed by atoms with Gasteiger partial charge in [0.2, 0.25) is 0 Å². The van der Waals surface area contributed by atoms with Crippen molar-refractivity contribution in [2.45, 2.75) is 37.5 Å². The zero-order valence-corrected chi connectivity index (χ0v) is 6.73. The Labute approximate surface area is 70.6 Å². The van der Waals surface area contributed by atoms with Gasteiger partial charge in [-0.1, -0.05) is 0 Å². The lowest BCUT2D eigenvalue weighted by atomic mass is 9.89. The minimum absolute atomic E-state index is 0.141. The van der Waals surface area contributed by atoms with Crippen molar-refractivity contribution in [2.75, 3.05) is 0 Å². The second kappa shape index (κ2) is 3.73. The summed E-state index contributed by atoms with van der Waals surface area (Å²) >= 11 is 0. The average Bonchev–Trinajstić information content (AvgIpc) is 1.96. The van der Waals surface area contributed by atoms with Crippen LogP contribution in [0.15, 0.2) is 0 Å². The van der Waals surface area contributed by atoms with Crippen LogP contribution in [-0.2, 0) is 0 Å². The quantitative estimate of drug-likeness (QED) is 0.430. The van der Waals surface area contributed by atoms with Crippen molar-refractivity contribution in [3.05, 3.63) is 0 Å². The van der Waals surface area contributed by atoms with Gasteiger partial charge in [0.25, 0.3) is 0 Å². The molecule has 0 aromatic heterocycles. The molecule has 0 aromatic rings. The first-order chi connectivity index (χ1) is 5.59. The molecule has 1 saturated carbocycles. The van der Waals surface area contributed by atoms with Crippen LogP contribution in [0.1, 0.15) is 19.3 Å². The average molecular weight is 174 g/mol. The molecule has 5 N–H and O–H groups in total. The van der Waals surface area contributed by atoms with E-state index in [1.54, 1.807) is 0 Å². The lowest BCUT2D eigenvalue weighted by Gasteiger charge is -2.30. The summed E-state index contributed by atoms with van der Waals surface area (Å²) in [6.45, 7) is 0. The van der Waals surface area contributed by atoms with E-state index in [9.17, 15) is 9.90 Å². The Bertz CT molecular complexity index is 174. The van der Waals surface area contributed by atoms with Crippen molar-refractivity contribution in [3.8, 4) is 0 Å². The normalized spacial score (nSPS) is 36.0. The van der Waals surface area contributed by atoms with Crippen LogP contribution in [0.2, 0.25) is 0 Å². The molecule has 12 heavy (non-hydrogen) atoms. The van der Waals surface area contributed by atoms with Gasteiger partial charge in [-0.2, -0.15) is 0 Å². The summed E-state index contributed by atoms with van der Waals surface area (Å²) in [5.41, 5.74) is 5.55. The predicted molar refractivity (Wildman–Crippen MR) is 42.8 cm³/mol. The third-order valence-electron chi connectivity index (χ3n) is 2.20. The molecule has 0 radical (unpaired) electrons. The second-order valence-corrected chi connectivity index (χ2v) is 3.19. The number of nitrogens with two attached hydrogens (primary N) is 1. The van der Waals surface area contributed by atoms with E-state index in [4.69, 9.17) is 10.8 Å². The molecule has 1 rings (SSSR count). The fourth-order valence-corrected chi connectivity index (χ4v) is 1.48. The number of carboxylic acid groups (broad SMARTS) is 1. The van der Waals surface area contributed by atoms with Crippen LogP contribution in [0.5, 0.6) is 0 Å². The zero-order chi connectivity index (χ0) is 9.14. The van der Waals surface area contributed by atoms with Crippen LogP contribution in [0.4, 0.5) is 4.79 Å². The summed E-state index contributed by atoms with van der Waals surface area (Å²) in [4.78, 5) is 10.2. The van der Waals surface area contributed by atoms with Crippen molar-refractivity contribution in [2.24, 2.45) is 5.73 Å². The Morgan fingerprint density at radius 2 is 2.17 bits per heavy atom. The summed E-state index contributed by atoms with van der Waals surface area (Å²) in [6, 6.07) is -0.339. The molecule has 70 valence electrons.